The molecule has 0 aliphatic carbocycles. The maximum atomic E-state index is 12.8. The van der Waals surface area contributed by atoms with Gasteiger partial charge in [0.25, 0.3) is 5.70 Å². The molecule has 1 heterocycles. The number of benzene rings is 2. The minimum Gasteiger partial charge on any atom is -0.467 e. The van der Waals surface area contributed by atoms with Crippen molar-refractivity contribution in [1.82, 2.24) is 5.32 Å². The number of carbonyl (C=O) groups excluding carboxylic acids is 1. The summed E-state index contributed by atoms with van der Waals surface area (Å²) in [6.07, 6.45) is 1.26. The minimum absolute atomic E-state index is 0.128. The highest BCUT2D eigenvalue weighted by molar-refractivity contribution is 6.30. The second-order valence-corrected chi connectivity index (χ2v) is 6.06. The topological polar surface area (TPSA) is 81.5 Å². The van der Waals surface area contributed by atoms with Gasteiger partial charge in [0.05, 0.1) is 18.2 Å². The first kappa shape index (κ1) is 17.0. The number of nitrogens with zero attached hydrogens (tertiary/aromatic N) is 1. The summed E-state index contributed by atoms with van der Waals surface area (Å²) >= 11 is 6.08. The third-order valence-corrected chi connectivity index (χ3v) is 4.54. The molecule has 0 saturated carbocycles. The number of rotatable bonds is 4. The van der Waals surface area contributed by atoms with Crippen molar-refractivity contribution in [2.75, 3.05) is 7.11 Å². The number of halogens is 1. The predicted octanol–water partition coefficient (Wildman–Crippen LogP) is 3.21. The van der Waals surface area contributed by atoms with Crippen LogP contribution < -0.4 is 5.32 Å². The van der Waals surface area contributed by atoms with Crippen LogP contribution in [0.1, 0.15) is 17.0 Å². The molecule has 128 valence electrons. The fraction of sp³-hybridized carbons (Fsp3) is 0.167. The lowest BCUT2D eigenvalue weighted by molar-refractivity contribution is -0.430. The van der Waals surface area contributed by atoms with Crippen molar-refractivity contribution in [3.05, 3.63) is 92.8 Å². The molecule has 7 heteroatoms. The molecule has 0 saturated heterocycles. The molecule has 0 radical (unpaired) electrons. The zero-order chi connectivity index (χ0) is 18.0. The number of nitro groups is 1. The number of methoxy groups -OCH3 is 1. The van der Waals surface area contributed by atoms with Crippen LogP contribution in [0.3, 0.4) is 0 Å². The molecule has 2 aromatic rings. The van der Waals surface area contributed by atoms with E-state index in [9.17, 15) is 14.9 Å². The van der Waals surface area contributed by atoms with Crippen LogP contribution in [0, 0.1) is 10.1 Å². The summed E-state index contributed by atoms with van der Waals surface area (Å²) in [5.74, 6) is -1.51. The summed E-state index contributed by atoms with van der Waals surface area (Å²) in [5.41, 5.74) is -0.450. The van der Waals surface area contributed by atoms with Gasteiger partial charge in [0.2, 0.25) is 0 Å². The number of carbonyl (C=O) groups is 1. The van der Waals surface area contributed by atoms with Crippen molar-refractivity contribution in [3.63, 3.8) is 0 Å². The largest absolute Gasteiger partial charge is 0.467 e. The van der Waals surface area contributed by atoms with E-state index in [1.54, 1.807) is 54.6 Å². The standard InChI is InChI=1S/C18H15ClN2O4/c1-25-17(22)18(13-7-3-2-4-8-13)16(15(11-20-18)21(23)24)12-6-5-9-14(19)10-12/h2-11,16,20H,1H3/t16-,18-/m0/s1. The Labute approximate surface area is 149 Å². The summed E-state index contributed by atoms with van der Waals surface area (Å²) in [7, 11) is 1.26. The molecule has 0 amide bonds. The Morgan fingerprint density at radius 3 is 2.56 bits per heavy atom. The van der Waals surface area contributed by atoms with Crippen LogP contribution in [0.25, 0.3) is 0 Å². The second-order valence-electron chi connectivity index (χ2n) is 5.62. The van der Waals surface area contributed by atoms with Gasteiger partial charge in [-0.25, -0.2) is 4.79 Å². The molecule has 25 heavy (non-hydrogen) atoms. The molecule has 0 unspecified atom stereocenters. The van der Waals surface area contributed by atoms with Gasteiger partial charge in [0, 0.05) is 5.02 Å². The number of ether oxygens (including phenoxy) is 1. The number of nitrogens with one attached hydrogen (secondary N) is 1. The Balaban J connectivity index is 2.26. The Kier molecular flexibility index (Phi) is 4.46. The van der Waals surface area contributed by atoms with E-state index in [1.807, 2.05) is 0 Å². The van der Waals surface area contributed by atoms with Crippen LogP contribution in [0.15, 0.2) is 66.5 Å². The summed E-state index contributed by atoms with van der Waals surface area (Å²) < 4.78 is 5.01. The predicted molar refractivity (Wildman–Crippen MR) is 92.5 cm³/mol. The van der Waals surface area contributed by atoms with Gasteiger partial charge in [-0.3, -0.25) is 10.1 Å². The van der Waals surface area contributed by atoms with Crippen LogP contribution in [0.2, 0.25) is 5.02 Å². The third kappa shape index (κ3) is 2.74. The minimum atomic E-state index is -1.44. The maximum absolute atomic E-state index is 12.8. The average molecular weight is 359 g/mol. The molecule has 1 aliphatic rings. The van der Waals surface area contributed by atoms with Crippen molar-refractivity contribution in [2.45, 2.75) is 11.5 Å². The van der Waals surface area contributed by atoms with Gasteiger partial charge in [-0.2, -0.15) is 0 Å². The van der Waals surface area contributed by atoms with Crippen LogP contribution in [-0.4, -0.2) is 18.0 Å². The molecular weight excluding hydrogens is 344 g/mol. The molecule has 0 bridgehead atoms. The molecule has 2 aromatic carbocycles. The van der Waals surface area contributed by atoms with E-state index in [0.717, 1.165) is 0 Å². The van der Waals surface area contributed by atoms with Crippen molar-refractivity contribution < 1.29 is 14.5 Å². The lowest BCUT2D eigenvalue weighted by Crippen LogP contribution is -2.49. The molecule has 0 spiro atoms. The SMILES string of the molecule is COC(=O)[C@@]1(c2ccccc2)NC=C([N+](=O)[O-])[C@@H]1c1cccc(Cl)c1. The molecule has 0 aromatic heterocycles. The van der Waals surface area contributed by atoms with E-state index >= 15 is 0 Å². The maximum Gasteiger partial charge on any atom is 0.337 e. The van der Waals surface area contributed by atoms with E-state index in [4.69, 9.17) is 16.3 Å². The third-order valence-electron chi connectivity index (χ3n) is 4.31. The van der Waals surface area contributed by atoms with Crippen LogP contribution in [0.5, 0.6) is 0 Å². The number of hydrogen-bond acceptors (Lipinski definition) is 5. The van der Waals surface area contributed by atoms with E-state index < -0.39 is 22.3 Å². The van der Waals surface area contributed by atoms with Gasteiger partial charge in [0.15, 0.2) is 5.54 Å². The first-order valence-corrected chi connectivity index (χ1v) is 7.90. The molecule has 6 nitrogen and oxygen atoms in total. The van der Waals surface area contributed by atoms with Gasteiger partial charge < -0.3 is 10.1 Å². The Hall–Kier alpha value is -2.86. The normalized spacial score (nSPS) is 22.0. The molecular formula is C18H15ClN2O4. The van der Waals surface area contributed by atoms with E-state index in [0.29, 0.717) is 16.1 Å². The summed E-state index contributed by atoms with van der Waals surface area (Å²) in [6, 6.07) is 15.5. The Morgan fingerprint density at radius 2 is 1.96 bits per heavy atom. The van der Waals surface area contributed by atoms with E-state index in [-0.39, 0.29) is 5.70 Å². The van der Waals surface area contributed by atoms with Gasteiger partial charge in [-0.15, -0.1) is 0 Å². The first-order valence-electron chi connectivity index (χ1n) is 7.52. The van der Waals surface area contributed by atoms with E-state index in [2.05, 4.69) is 5.32 Å². The Bertz CT molecular complexity index is 853. The van der Waals surface area contributed by atoms with Crippen LogP contribution in [-0.2, 0) is 15.1 Å². The zero-order valence-electron chi connectivity index (χ0n) is 13.3. The fourth-order valence-electron chi connectivity index (χ4n) is 3.25. The molecule has 1 N–H and O–H groups in total. The lowest BCUT2D eigenvalue weighted by atomic mass is 9.75. The van der Waals surface area contributed by atoms with Gasteiger partial charge in [-0.05, 0) is 23.3 Å². The summed E-state index contributed by atoms with van der Waals surface area (Å²) in [5, 5.41) is 15.0. The van der Waals surface area contributed by atoms with Gasteiger partial charge in [0.1, 0.15) is 5.92 Å². The fourth-order valence-corrected chi connectivity index (χ4v) is 3.45. The summed E-state index contributed by atoms with van der Waals surface area (Å²) in [4.78, 5) is 23.9. The van der Waals surface area contributed by atoms with E-state index in [1.165, 1.54) is 13.3 Å². The highest BCUT2D eigenvalue weighted by atomic mass is 35.5. The van der Waals surface area contributed by atoms with Crippen molar-refractivity contribution in [3.8, 4) is 0 Å². The van der Waals surface area contributed by atoms with Crippen molar-refractivity contribution in [1.29, 1.82) is 0 Å². The van der Waals surface area contributed by atoms with Gasteiger partial charge in [-0.1, -0.05) is 54.1 Å². The van der Waals surface area contributed by atoms with Crippen LogP contribution >= 0.6 is 11.6 Å². The molecule has 2 atom stereocenters. The van der Waals surface area contributed by atoms with Crippen LogP contribution in [0.4, 0.5) is 0 Å². The quantitative estimate of drug-likeness (QED) is 0.515. The molecule has 1 aliphatic heterocycles. The second kappa shape index (κ2) is 6.57. The smallest absolute Gasteiger partial charge is 0.337 e. The number of esters is 1. The van der Waals surface area contributed by atoms with Crippen molar-refractivity contribution >= 4 is 17.6 Å². The summed E-state index contributed by atoms with van der Waals surface area (Å²) in [6.45, 7) is 0. The average Bonchev–Trinajstić information content (AvgIpc) is 3.03. The molecule has 0 fully saturated rings. The monoisotopic (exact) mass is 358 g/mol. The molecule has 3 rings (SSSR count). The van der Waals surface area contributed by atoms with Crippen molar-refractivity contribution in [2.24, 2.45) is 0 Å². The highest BCUT2D eigenvalue weighted by Crippen LogP contribution is 2.47. The lowest BCUT2D eigenvalue weighted by Gasteiger charge is -2.33. The van der Waals surface area contributed by atoms with Gasteiger partial charge >= 0.3 is 5.97 Å². The first-order chi connectivity index (χ1) is 12.0. The Morgan fingerprint density at radius 1 is 1.24 bits per heavy atom. The highest BCUT2D eigenvalue weighted by Gasteiger charge is 2.57. The zero-order valence-corrected chi connectivity index (χ0v) is 14.1. The number of hydrogen-bond donors (Lipinski definition) is 1.